The van der Waals surface area contributed by atoms with Crippen LogP contribution in [-0.4, -0.2) is 75.5 Å². The number of hydrogen-bond acceptors (Lipinski definition) is 7. The van der Waals surface area contributed by atoms with Gasteiger partial charge in [-0.25, -0.2) is 0 Å². The molecule has 2 atom stereocenters. The monoisotopic (exact) mass is 762 g/mol. The Morgan fingerprint density at radius 3 is 1.48 bits per heavy atom. The normalized spacial score (nSPS) is 13.3. The lowest BCUT2D eigenvalue weighted by Gasteiger charge is -2.34. The van der Waals surface area contributed by atoms with Crippen LogP contribution in [0.2, 0.25) is 0 Å². The molecule has 0 aromatic carbocycles. The zero-order chi connectivity index (χ0) is 40.0. The molecule has 0 N–H and O–H groups in total. The predicted octanol–water partition coefficient (Wildman–Crippen LogP) is 10.5. The van der Waals surface area contributed by atoms with Crippen molar-refractivity contribution in [1.29, 1.82) is 0 Å². The number of carbonyl (C=O) groups is 3. The highest BCUT2D eigenvalue weighted by atomic mass is 16.6. The van der Waals surface area contributed by atoms with Crippen molar-refractivity contribution >= 4 is 17.9 Å². The van der Waals surface area contributed by atoms with Crippen molar-refractivity contribution in [2.45, 2.75) is 199 Å². The molecule has 0 fully saturated rings. The van der Waals surface area contributed by atoms with Crippen molar-refractivity contribution in [2.75, 3.05) is 41.0 Å². The molecule has 0 radical (unpaired) electrons. The second kappa shape index (κ2) is 37.5. The number of aliphatic carboxylic acids is 1. The summed E-state index contributed by atoms with van der Waals surface area (Å²) in [5.74, 6) is -1.74. The lowest BCUT2D eigenvalue weighted by atomic mass is 10.1. The van der Waals surface area contributed by atoms with Crippen molar-refractivity contribution in [3.63, 3.8) is 0 Å². The van der Waals surface area contributed by atoms with Gasteiger partial charge in [-0.3, -0.25) is 9.59 Å². The summed E-state index contributed by atoms with van der Waals surface area (Å²) in [6.45, 7) is 4.60. The predicted molar refractivity (Wildman–Crippen MR) is 222 cm³/mol. The number of quaternary nitrogens is 1. The van der Waals surface area contributed by atoms with Gasteiger partial charge < -0.3 is 28.6 Å². The van der Waals surface area contributed by atoms with Gasteiger partial charge in [0, 0.05) is 19.3 Å². The van der Waals surface area contributed by atoms with Crippen molar-refractivity contribution in [3.05, 3.63) is 36.5 Å². The molecule has 2 unspecified atom stereocenters. The minimum absolute atomic E-state index is 0.0404. The van der Waals surface area contributed by atoms with Gasteiger partial charge in [-0.05, 0) is 51.4 Å². The van der Waals surface area contributed by atoms with Gasteiger partial charge in [-0.1, -0.05) is 153 Å². The molecule has 0 aromatic heterocycles. The molecule has 0 aromatic rings. The van der Waals surface area contributed by atoms with Crippen LogP contribution in [0.15, 0.2) is 36.5 Å². The van der Waals surface area contributed by atoms with Crippen LogP contribution in [0.3, 0.4) is 0 Å². The van der Waals surface area contributed by atoms with Crippen LogP contribution >= 0.6 is 0 Å². The first kappa shape index (κ1) is 51.5. The molecule has 54 heavy (non-hydrogen) atoms. The van der Waals surface area contributed by atoms with Gasteiger partial charge in [-0.2, -0.15) is 0 Å². The first-order valence-electron chi connectivity index (χ1n) is 22.0. The van der Waals surface area contributed by atoms with Crippen LogP contribution in [0.5, 0.6) is 0 Å². The number of hydrogen-bond donors (Lipinski definition) is 0. The SMILES string of the molecule is CCCCC/C=C/C/C=C/C/C=C/CCCCCCCCCCCC(=O)OC(COCCC(C(=O)[O-])[N+](C)(C)C)COC(=O)CCCCCCCCCC. The van der Waals surface area contributed by atoms with Gasteiger partial charge >= 0.3 is 11.9 Å². The number of carbonyl (C=O) groups excluding carboxylic acids is 3. The highest BCUT2D eigenvalue weighted by Crippen LogP contribution is 2.14. The molecular formula is C46H83NO7. The molecule has 0 bridgehead atoms. The number of nitrogens with zero attached hydrogens (tertiary/aromatic N) is 1. The van der Waals surface area contributed by atoms with Gasteiger partial charge in [0.05, 0.1) is 40.3 Å². The number of carboxylic acids is 1. The van der Waals surface area contributed by atoms with Gasteiger partial charge in [0.1, 0.15) is 12.6 Å². The smallest absolute Gasteiger partial charge is 0.306 e. The van der Waals surface area contributed by atoms with Gasteiger partial charge in [0.15, 0.2) is 6.10 Å². The van der Waals surface area contributed by atoms with E-state index in [1.54, 1.807) is 21.1 Å². The lowest BCUT2D eigenvalue weighted by Crippen LogP contribution is -2.55. The Hall–Kier alpha value is -2.45. The second-order valence-electron chi connectivity index (χ2n) is 15.9. The van der Waals surface area contributed by atoms with Gasteiger partial charge in [-0.15, -0.1) is 0 Å². The van der Waals surface area contributed by atoms with Crippen LogP contribution < -0.4 is 5.11 Å². The maximum absolute atomic E-state index is 12.7. The number of ether oxygens (including phenoxy) is 3. The average molecular weight is 762 g/mol. The second-order valence-corrected chi connectivity index (χ2v) is 15.9. The lowest BCUT2D eigenvalue weighted by molar-refractivity contribution is -0.889. The van der Waals surface area contributed by atoms with Crippen molar-refractivity contribution in [2.24, 2.45) is 0 Å². The standard InChI is InChI=1S/C46H83NO7/c1-6-8-10-12-14-16-17-18-19-20-21-22-23-24-25-26-27-28-29-31-33-35-37-45(49)54-42(40-52-39-38-43(46(50)51)47(3,4)5)41-53-44(48)36-34-32-30-15-13-11-9-7-2/h14,16,18-19,21-22,42-43H,6-13,15,17,20,23-41H2,1-5H3/b16-14+,19-18+,22-21+. The molecule has 0 heterocycles. The highest BCUT2D eigenvalue weighted by Gasteiger charge is 2.25. The van der Waals surface area contributed by atoms with Gasteiger partial charge in [0.25, 0.3) is 0 Å². The van der Waals surface area contributed by atoms with E-state index < -0.39 is 18.1 Å². The van der Waals surface area contributed by atoms with Crippen LogP contribution in [0.1, 0.15) is 187 Å². The summed E-state index contributed by atoms with van der Waals surface area (Å²) >= 11 is 0. The molecule has 8 nitrogen and oxygen atoms in total. The van der Waals surface area contributed by atoms with E-state index in [0.29, 0.717) is 12.8 Å². The quantitative estimate of drug-likeness (QED) is 0.0266. The molecule has 0 aliphatic rings. The number of unbranched alkanes of at least 4 members (excludes halogenated alkanes) is 19. The molecule has 0 amide bonds. The van der Waals surface area contributed by atoms with E-state index in [1.807, 2.05) is 0 Å². The summed E-state index contributed by atoms with van der Waals surface area (Å²) in [6, 6.07) is -0.724. The zero-order valence-electron chi connectivity index (χ0n) is 35.6. The van der Waals surface area contributed by atoms with Crippen molar-refractivity contribution in [1.82, 2.24) is 0 Å². The van der Waals surface area contributed by atoms with Crippen LogP contribution in [-0.2, 0) is 28.6 Å². The fourth-order valence-electron chi connectivity index (χ4n) is 6.31. The Labute approximate surface area is 332 Å². The summed E-state index contributed by atoms with van der Waals surface area (Å²) < 4.78 is 17.1. The van der Waals surface area contributed by atoms with Crippen molar-refractivity contribution in [3.8, 4) is 0 Å². The molecular weight excluding hydrogens is 679 g/mol. The van der Waals surface area contributed by atoms with E-state index in [9.17, 15) is 19.5 Å². The Balaban J connectivity index is 4.23. The summed E-state index contributed by atoms with van der Waals surface area (Å²) in [5, 5.41) is 11.6. The molecule has 8 heteroatoms. The third-order valence-electron chi connectivity index (χ3n) is 9.78. The van der Waals surface area contributed by atoms with E-state index in [1.165, 1.54) is 96.3 Å². The third kappa shape index (κ3) is 35.3. The number of likely N-dealkylation sites (N-methyl/N-ethyl adjacent to an activating group) is 1. The van der Waals surface area contributed by atoms with Crippen LogP contribution in [0.25, 0.3) is 0 Å². The van der Waals surface area contributed by atoms with E-state index in [4.69, 9.17) is 14.2 Å². The van der Waals surface area contributed by atoms with E-state index in [-0.39, 0.29) is 42.7 Å². The summed E-state index contributed by atoms with van der Waals surface area (Å²) in [4.78, 5) is 36.7. The zero-order valence-corrected chi connectivity index (χ0v) is 35.6. The molecule has 0 rings (SSSR count). The average Bonchev–Trinajstić information content (AvgIpc) is 3.12. The molecule has 0 saturated heterocycles. The first-order valence-corrected chi connectivity index (χ1v) is 22.0. The molecule has 0 saturated carbocycles. The van der Waals surface area contributed by atoms with E-state index in [2.05, 4.69) is 50.3 Å². The Bertz CT molecular complexity index is 984. The van der Waals surface area contributed by atoms with Crippen LogP contribution in [0, 0.1) is 0 Å². The highest BCUT2D eigenvalue weighted by molar-refractivity contribution is 5.70. The third-order valence-corrected chi connectivity index (χ3v) is 9.78. The van der Waals surface area contributed by atoms with E-state index >= 15 is 0 Å². The number of carboxylic acid groups (broad SMARTS) is 1. The molecule has 0 spiro atoms. The van der Waals surface area contributed by atoms with Crippen molar-refractivity contribution < 1.29 is 38.2 Å². The van der Waals surface area contributed by atoms with Crippen LogP contribution in [0.4, 0.5) is 0 Å². The fraction of sp³-hybridized carbons (Fsp3) is 0.804. The maximum Gasteiger partial charge on any atom is 0.306 e. The minimum Gasteiger partial charge on any atom is -0.544 e. The Kier molecular flexibility index (Phi) is 35.8. The topological polar surface area (TPSA) is 102 Å². The minimum atomic E-state index is -1.13. The largest absolute Gasteiger partial charge is 0.544 e. The molecule has 314 valence electrons. The number of rotatable bonds is 39. The summed E-state index contributed by atoms with van der Waals surface area (Å²) in [7, 11) is 5.40. The van der Waals surface area contributed by atoms with E-state index in [0.717, 1.165) is 57.8 Å². The molecule has 0 aliphatic carbocycles. The number of esters is 2. The Morgan fingerprint density at radius 2 is 0.981 bits per heavy atom. The Morgan fingerprint density at radius 1 is 0.556 bits per heavy atom. The first-order chi connectivity index (χ1) is 26.1. The fourth-order valence-corrected chi connectivity index (χ4v) is 6.31. The molecule has 0 aliphatic heterocycles. The summed E-state index contributed by atoms with van der Waals surface area (Å²) in [6.07, 6.45) is 41.8. The summed E-state index contributed by atoms with van der Waals surface area (Å²) in [5.41, 5.74) is 0. The number of allylic oxidation sites excluding steroid dienone is 6. The van der Waals surface area contributed by atoms with Gasteiger partial charge in [0.2, 0.25) is 0 Å². The maximum atomic E-state index is 12.7.